The van der Waals surface area contributed by atoms with Gasteiger partial charge in [-0.1, -0.05) is 33.6 Å². The molecule has 2 aromatic rings. The van der Waals surface area contributed by atoms with Gasteiger partial charge in [-0.15, -0.1) is 11.3 Å². The number of benzene rings is 1. The van der Waals surface area contributed by atoms with Crippen LogP contribution in [-0.4, -0.2) is 6.03 Å². The Bertz CT molecular complexity index is 588. The van der Waals surface area contributed by atoms with Gasteiger partial charge in [0.2, 0.25) is 0 Å². The molecule has 0 radical (unpaired) electrons. The van der Waals surface area contributed by atoms with E-state index < -0.39 is 0 Å². The first-order valence-electron chi connectivity index (χ1n) is 5.63. The Kier molecular flexibility index (Phi) is 4.85. The van der Waals surface area contributed by atoms with Crippen molar-refractivity contribution in [2.45, 2.75) is 13.0 Å². The number of rotatable bonds is 3. The summed E-state index contributed by atoms with van der Waals surface area (Å²) in [6.07, 6.45) is 0. The summed E-state index contributed by atoms with van der Waals surface area (Å²) in [4.78, 5) is 12.9. The van der Waals surface area contributed by atoms with Crippen LogP contribution in [0.15, 0.2) is 40.9 Å². The summed E-state index contributed by atoms with van der Waals surface area (Å²) in [5, 5.41) is 5.65. The van der Waals surface area contributed by atoms with Gasteiger partial charge in [0, 0.05) is 15.0 Å². The van der Waals surface area contributed by atoms with Crippen molar-refractivity contribution in [1.82, 2.24) is 5.32 Å². The van der Waals surface area contributed by atoms with Crippen molar-refractivity contribution in [3.63, 3.8) is 0 Å². The van der Waals surface area contributed by atoms with Crippen molar-refractivity contribution in [1.29, 1.82) is 0 Å². The molecule has 0 bridgehead atoms. The van der Waals surface area contributed by atoms with Crippen LogP contribution in [0.5, 0.6) is 0 Å². The molecule has 0 aliphatic rings. The minimum Gasteiger partial charge on any atom is -0.331 e. The number of hydrogen-bond donors (Lipinski definition) is 2. The van der Waals surface area contributed by atoms with Crippen LogP contribution in [0.4, 0.5) is 10.5 Å². The molecule has 3 nitrogen and oxygen atoms in total. The van der Waals surface area contributed by atoms with Crippen molar-refractivity contribution in [3.8, 4) is 0 Å². The van der Waals surface area contributed by atoms with Gasteiger partial charge in [0.05, 0.1) is 10.4 Å². The van der Waals surface area contributed by atoms with E-state index in [2.05, 4.69) is 26.6 Å². The Balaban J connectivity index is 1.94. The Labute approximate surface area is 129 Å². The molecular weight excluding hydrogens is 348 g/mol. The normalized spacial score (nSPS) is 11.9. The molecule has 2 amide bonds. The zero-order valence-corrected chi connectivity index (χ0v) is 13.3. The summed E-state index contributed by atoms with van der Waals surface area (Å²) in [5.41, 5.74) is 0.739. The maximum absolute atomic E-state index is 11.8. The Morgan fingerprint density at radius 1 is 1.37 bits per heavy atom. The standard InChI is InChI=1S/C13H12BrClN2OS/c1-8(11-5-6-12(15)19-11)16-13(18)17-10-4-2-3-9(14)7-10/h2-8H,1H3,(H2,16,17,18). The summed E-state index contributed by atoms with van der Waals surface area (Å²) >= 11 is 10.7. The van der Waals surface area contributed by atoms with E-state index in [4.69, 9.17) is 11.6 Å². The van der Waals surface area contributed by atoms with Crippen LogP contribution in [-0.2, 0) is 0 Å². The van der Waals surface area contributed by atoms with Crippen LogP contribution >= 0.6 is 38.9 Å². The zero-order valence-electron chi connectivity index (χ0n) is 10.1. The quantitative estimate of drug-likeness (QED) is 0.791. The van der Waals surface area contributed by atoms with E-state index in [1.54, 1.807) is 0 Å². The third kappa shape index (κ3) is 4.23. The number of nitrogens with one attached hydrogen (secondary N) is 2. The summed E-state index contributed by atoms with van der Waals surface area (Å²) in [5.74, 6) is 0. The number of urea groups is 1. The number of hydrogen-bond acceptors (Lipinski definition) is 2. The number of carbonyl (C=O) groups is 1. The number of carbonyl (C=O) groups excluding carboxylic acids is 1. The molecule has 0 fully saturated rings. The van der Waals surface area contributed by atoms with E-state index in [1.165, 1.54) is 11.3 Å². The Morgan fingerprint density at radius 2 is 2.16 bits per heavy atom. The van der Waals surface area contributed by atoms with E-state index in [0.29, 0.717) is 0 Å². The average Bonchev–Trinajstić information content (AvgIpc) is 2.75. The lowest BCUT2D eigenvalue weighted by molar-refractivity contribution is 0.249. The molecule has 6 heteroatoms. The van der Waals surface area contributed by atoms with Gasteiger partial charge >= 0.3 is 6.03 Å². The molecule has 100 valence electrons. The van der Waals surface area contributed by atoms with Gasteiger partial charge in [-0.2, -0.15) is 0 Å². The van der Waals surface area contributed by atoms with E-state index in [-0.39, 0.29) is 12.1 Å². The van der Waals surface area contributed by atoms with Gasteiger partial charge in [-0.05, 0) is 37.3 Å². The van der Waals surface area contributed by atoms with E-state index in [9.17, 15) is 4.79 Å². The Hall–Kier alpha value is -1.04. The molecule has 0 aliphatic heterocycles. The fourth-order valence-corrected chi connectivity index (χ4v) is 3.02. The second kappa shape index (κ2) is 6.41. The molecule has 1 aromatic carbocycles. The van der Waals surface area contributed by atoms with Crippen LogP contribution in [0.3, 0.4) is 0 Å². The van der Waals surface area contributed by atoms with Gasteiger partial charge in [0.25, 0.3) is 0 Å². The van der Waals surface area contributed by atoms with Gasteiger partial charge in [0.1, 0.15) is 0 Å². The fraction of sp³-hybridized carbons (Fsp3) is 0.154. The SMILES string of the molecule is CC(NC(=O)Nc1cccc(Br)c1)c1ccc(Cl)s1. The predicted octanol–water partition coefficient (Wildman–Crippen LogP) is 5.05. The number of anilines is 1. The van der Waals surface area contributed by atoms with Crippen molar-refractivity contribution in [2.24, 2.45) is 0 Å². The fourth-order valence-electron chi connectivity index (χ4n) is 1.56. The van der Waals surface area contributed by atoms with E-state index >= 15 is 0 Å². The highest BCUT2D eigenvalue weighted by Crippen LogP contribution is 2.26. The molecule has 1 aromatic heterocycles. The molecular formula is C13H12BrClN2OS. The molecule has 1 atom stereocenters. The van der Waals surface area contributed by atoms with Crippen LogP contribution in [0.1, 0.15) is 17.8 Å². The first-order valence-corrected chi connectivity index (χ1v) is 7.61. The minimum absolute atomic E-state index is 0.0790. The summed E-state index contributed by atoms with van der Waals surface area (Å²) in [7, 11) is 0. The summed E-state index contributed by atoms with van der Waals surface area (Å²) in [6.45, 7) is 1.92. The van der Waals surface area contributed by atoms with Gasteiger partial charge in [-0.25, -0.2) is 4.79 Å². The molecule has 0 spiro atoms. The molecule has 0 saturated heterocycles. The van der Waals surface area contributed by atoms with Crippen LogP contribution < -0.4 is 10.6 Å². The second-order valence-corrected chi connectivity index (χ2v) is 6.63. The van der Waals surface area contributed by atoms with Crippen molar-refractivity contribution < 1.29 is 4.79 Å². The highest BCUT2D eigenvalue weighted by molar-refractivity contribution is 9.10. The molecule has 2 rings (SSSR count). The maximum atomic E-state index is 11.8. The van der Waals surface area contributed by atoms with Crippen LogP contribution in [0, 0.1) is 0 Å². The zero-order chi connectivity index (χ0) is 13.8. The summed E-state index contributed by atoms with van der Waals surface area (Å²) < 4.78 is 1.64. The van der Waals surface area contributed by atoms with Gasteiger partial charge < -0.3 is 10.6 Å². The summed E-state index contributed by atoms with van der Waals surface area (Å²) in [6, 6.07) is 10.9. The van der Waals surface area contributed by atoms with Crippen molar-refractivity contribution in [3.05, 3.63) is 50.1 Å². The number of amides is 2. The smallest absolute Gasteiger partial charge is 0.319 e. The average molecular weight is 360 g/mol. The first-order chi connectivity index (χ1) is 9.04. The lowest BCUT2D eigenvalue weighted by atomic mass is 10.3. The lowest BCUT2D eigenvalue weighted by Crippen LogP contribution is -2.30. The van der Waals surface area contributed by atoms with Crippen molar-refractivity contribution in [2.75, 3.05) is 5.32 Å². The monoisotopic (exact) mass is 358 g/mol. The van der Waals surface area contributed by atoms with Gasteiger partial charge in [-0.3, -0.25) is 0 Å². The molecule has 2 N–H and O–H groups in total. The number of halogens is 2. The van der Waals surface area contributed by atoms with Crippen LogP contribution in [0.25, 0.3) is 0 Å². The molecule has 1 heterocycles. The largest absolute Gasteiger partial charge is 0.331 e. The van der Waals surface area contributed by atoms with E-state index in [1.807, 2.05) is 43.3 Å². The first kappa shape index (κ1) is 14.4. The third-order valence-electron chi connectivity index (χ3n) is 2.45. The molecule has 0 saturated carbocycles. The highest BCUT2D eigenvalue weighted by atomic mass is 79.9. The third-order valence-corrected chi connectivity index (χ3v) is 4.36. The highest BCUT2D eigenvalue weighted by Gasteiger charge is 2.11. The van der Waals surface area contributed by atoms with Crippen molar-refractivity contribution >= 4 is 50.6 Å². The Morgan fingerprint density at radius 3 is 2.79 bits per heavy atom. The molecule has 19 heavy (non-hydrogen) atoms. The molecule has 0 aliphatic carbocycles. The topological polar surface area (TPSA) is 41.1 Å². The maximum Gasteiger partial charge on any atom is 0.319 e. The second-order valence-electron chi connectivity index (χ2n) is 3.97. The van der Waals surface area contributed by atoms with Crippen LogP contribution in [0.2, 0.25) is 4.34 Å². The van der Waals surface area contributed by atoms with Gasteiger partial charge in [0.15, 0.2) is 0 Å². The van der Waals surface area contributed by atoms with E-state index in [0.717, 1.165) is 19.4 Å². The lowest BCUT2D eigenvalue weighted by Gasteiger charge is -2.13. The molecule has 1 unspecified atom stereocenters. The predicted molar refractivity (Wildman–Crippen MR) is 84.0 cm³/mol. The number of thiophene rings is 1. The minimum atomic E-state index is -0.241.